The molecule has 0 aromatic carbocycles. The van der Waals surface area contributed by atoms with Gasteiger partial charge in [0.25, 0.3) is 0 Å². The third-order valence-corrected chi connectivity index (χ3v) is 4.49. The maximum absolute atomic E-state index is 3.60. The number of halogens is 1. The first kappa shape index (κ1) is 13.2. The van der Waals surface area contributed by atoms with Crippen LogP contribution in [0.3, 0.4) is 0 Å². The van der Waals surface area contributed by atoms with Crippen molar-refractivity contribution < 1.29 is 0 Å². The summed E-state index contributed by atoms with van der Waals surface area (Å²) in [6.45, 7) is 6.66. The van der Waals surface area contributed by atoms with Crippen molar-refractivity contribution in [1.29, 1.82) is 0 Å². The molecule has 1 aromatic rings. The average Bonchev–Trinajstić information content (AvgIpc) is 2.61. The standard InChI is InChI=1S/C12H20BrNS/c1-3-5-10(9-14-4-2)8-12-11(13)6-7-15-12/h6-7,10,14H,3-5,8-9H2,1-2H3. The number of nitrogens with one attached hydrogen (secondary N) is 1. The zero-order chi connectivity index (χ0) is 11.1. The van der Waals surface area contributed by atoms with Gasteiger partial charge in [0.2, 0.25) is 0 Å². The van der Waals surface area contributed by atoms with Gasteiger partial charge >= 0.3 is 0 Å². The molecule has 0 bridgehead atoms. The van der Waals surface area contributed by atoms with E-state index in [-0.39, 0.29) is 0 Å². The van der Waals surface area contributed by atoms with Gasteiger partial charge in [-0.1, -0.05) is 20.3 Å². The van der Waals surface area contributed by atoms with Gasteiger partial charge in [-0.15, -0.1) is 11.3 Å². The van der Waals surface area contributed by atoms with Gasteiger partial charge in [0.1, 0.15) is 0 Å². The Kier molecular flexibility index (Phi) is 6.53. The molecule has 86 valence electrons. The van der Waals surface area contributed by atoms with Gasteiger partial charge in [0, 0.05) is 9.35 Å². The van der Waals surface area contributed by atoms with Crippen molar-refractivity contribution in [2.45, 2.75) is 33.1 Å². The predicted octanol–water partition coefficient (Wildman–Crippen LogP) is 4.08. The van der Waals surface area contributed by atoms with Gasteiger partial charge in [-0.05, 0) is 59.2 Å². The first-order chi connectivity index (χ1) is 7.27. The summed E-state index contributed by atoms with van der Waals surface area (Å²) in [6.07, 6.45) is 3.80. The van der Waals surface area contributed by atoms with E-state index in [0.717, 1.165) is 19.0 Å². The summed E-state index contributed by atoms with van der Waals surface area (Å²) < 4.78 is 1.28. The molecule has 1 atom stereocenters. The fraction of sp³-hybridized carbons (Fsp3) is 0.667. The van der Waals surface area contributed by atoms with Crippen molar-refractivity contribution in [2.75, 3.05) is 13.1 Å². The molecule has 1 aromatic heterocycles. The number of thiophene rings is 1. The Morgan fingerprint density at radius 2 is 2.27 bits per heavy atom. The zero-order valence-corrected chi connectivity index (χ0v) is 12.0. The van der Waals surface area contributed by atoms with Crippen LogP contribution in [-0.4, -0.2) is 13.1 Å². The maximum atomic E-state index is 3.60. The van der Waals surface area contributed by atoms with E-state index in [1.807, 2.05) is 11.3 Å². The molecular formula is C12H20BrNS. The molecule has 0 aliphatic heterocycles. The highest BCUT2D eigenvalue weighted by Crippen LogP contribution is 2.26. The van der Waals surface area contributed by atoms with Crippen molar-refractivity contribution in [1.82, 2.24) is 5.32 Å². The Balaban J connectivity index is 2.46. The molecule has 1 N–H and O–H groups in total. The first-order valence-corrected chi connectivity index (χ1v) is 7.37. The number of hydrogen-bond donors (Lipinski definition) is 1. The third kappa shape index (κ3) is 4.66. The van der Waals surface area contributed by atoms with E-state index in [1.54, 1.807) is 0 Å². The van der Waals surface area contributed by atoms with Crippen molar-refractivity contribution in [3.05, 3.63) is 20.8 Å². The molecule has 1 heterocycles. The Bertz CT molecular complexity index is 272. The van der Waals surface area contributed by atoms with Crippen molar-refractivity contribution in [3.8, 4) is 0 Å². The second-order valence-corrected chi connectivity index (χ2v) is 5.71. The number of rotatable bonds is 7. The molecule has 0 saturated heterocycles. The minimum atomic E-state index is 0.782. The lowest BCUT2D eigenvalue weighted by Gasteiger charge is -2.15. The Morgan fingerprint density at radius 1 is 1.47 bits per heavy atom. The van der Waals surface area contributed by atoms with Gasteiger partial charge in [0.15, 0.2) is 0 Å². The molecular weight excluding hydrogens is 270 g/mol. The van der Waals surface area contributed by atoms with E-state index < -0.39 is 0 Å². The monoisotopic (exact) mass is 289 g/mol. The summed E-state index contributed by atoms with van der Waals surface area (Å²) in [5, 5.41) is 5.62. The Morgan fingerprint density at radius 3 is 2.80 bits per heavy atom. The molecule has 15 heavy (non-hydrogen) atoms. The van der Waals surface area contributed by atoms with Crippen LogP contribution in [0.4, 0.5) is 0 Å². The third-order valence-electron chi connectivity index (χ3n) is 2.55. The van der Waals surface area contributed by atoms with E-state index in [9.17, 15) is 0 Å². The van der Waals surface area contributed by atoms with Crippen LogP contribution >= 0.6 is 27.3 Å². The van der Waals surface area contributed by atoms with E-state index in [1.165, 1.54) is 28.6 Å². The topological polar surface area (TPSA) is 12.0 Å². The highest BCUT2D eigenvalue weighted by atomic mass is 79.9. The second-order valence-electron chi connectivity index (χ2n) is 3.86. The highest BCUT2D eigenvalue weighted by molar-refractivity contribution is 9.10. The summed E-state index contributed by atoms with van der Waals surface area (Å²) in [5.74, 6) is 0.782. The molecule has 0 radical (unpaired) electrons. The minimum absolute atomic E-state index is 0.782. The van der Waals surface area contributed by atoms with Crippen molar-refractivity contribution in [3.63, 3.8) is 0 Å². The second kappa shape index (κ2) is 7.42. The lowest BCUT2D eigenvalue weighted by Crippen LogP contribution is -2.23. The Labute approximate surface area is 105 Å². The molecule has 1 nitrogen and oxygen atoms in total. The van der Waals surface area contributed by atoms with E-state index in [4.69, 9.17) is 0 Å². The lowest BCUT2D eigenvalue weighted by atomic mass is 9.99. The summed E-state index contributed by atoms with van der Waals surface area (Å²) in [6, 6.07) is 2.15. The SMILES string of the molecule is CCCC(CNCC)Cc1sccc1Br. The molecule has 0 fully saturated rings. The van der Waals surface area contributed by atoms with Crippen LogP contribution in [0.5, 0.6) is 0 Å². The molecule has 0 amide bonds. The minimum Gasteiger partial charge on any atom is -0.317 e. The van der Waals surface area contributed by atoms with Crippen LogP contribution in [0, 0.1) is 5.92 Å². The molecule has 1 unspecified atom stereocenters. The highest BCUT2D eigenvalue weighted by Gasteiger charge is 2.11. The van der Waals surface area contributed by atoms with Crippen molar-refractivity contribution in [2.24, 2.45) is 5.92 Å². The van der Waals surface area contributed by atoms with Crippen LogP contribution in [0.1, 0.15) is 31.6 Å². The first-order valence-electron chi connectivity index (χ1n) is 5.70. The largest absolute Gasteiger partial charge is 0.317 e. The van der Waals surface area contributed by atoms with E-state index in [0.29, 0.717) is 0 Å². The van der Waals surface area contributed by atoms with Crippen LogP contribution in [0.25, 0.3) is 0 Å². The van der Waals surface area contributed by atoms with Crippen LogP contribution < -0.4 is 5.32 Å². The van der Waals surface area contributed by atoms with Gasteiger partial charge in [-0.3, -0.25) is 0 Å². The van der Waals surface area contributed by atoms with Gasteiger partial charge < -0.3 is 5.32 Å². The van der Waals surface area contributed by atoms with Gasteiger partial charge in [-0.25, -0.2) is 0 Å². The van der Waals surface area contributed by atoms with Crippen LogP contribution in [0.15, 0.2) is 15.9 Å². The Hall–Kier alpha value is 0.140. The van der Waals surface area contributed by atoms with Gasteiger partial charge in [-0.2, -0.15) is 0 Å². The van der Waals surface area contributed by atoms with Gasteiger partial charge in [0.05, 0.1) is 0 Å². The average molecular weight is 290 g/mol. The molecule has 0 spiro atoms. The fourth-order valence-corrected chi connectivity index (χ4v) is 3.40. The quantitative estimate of drug-likeness (QED) is 0.798. The predicted molar refractivity (Wildman–Crippen MR) is 72.7 cm³/mol. The molecule has 3 heteroatoms. The summed E-state index contributed by atoms with van der Waals surface area (Å²) in [7, 11) is 0. The summed E-state index contributed by atoms with van der Waals surface area (Å²) in [4.78, 5) is 1.49. The van der Waals surface area contributed by atoms with Crippen molar-refractivity contribution >= 4 is 27.3 Å². The maximum Gasteiger partial charge on any atom is 0.0314 e. The fourth-order valence-electron chi connectivity index (χ4n) is 1.77. The molecule has 0 aliphatic rings. The van der Waals surface area contributed by atoms with Crippen LogP contribution in [0.2, 0.25) is 0 Å². The number of hydrogen-bond acceptors (Lipinski definition) is 2. The zero-order valence-electron chi connectivity index (χ0n) is 9.55. The molecule has 0 saturated carbocycles. The normalized spacial score (nSPS) is 13.0. The van der Waals surface area contributed by atoms with E-state index in [2.05, 4.69) is 46.5 Å². The molecule has 1 rings (SSSR count). The van der Waals surface area contributed by atoms with Crippen LogP contribution in [-0.2, 0) is 6.42 Å². The summed E-state index contributed by atoms with van der Waals surface area (Å²) in [5.41, 5.74) is 0. The van der Waals surface area contributed by atoms with E-state index >= 15 is 0 Å². The smallest absolute Gasteiger partial charge is 0.0314 e. The summed E-state index contributed by atoms with van der Waals surface area (Å²) >= 11 is 5.47. The lowest BCUT2D eigenvalue weighted by molar-refractivity contribution is 0.446. The molecule has 0 aliphatic carbocycles.